The number of carbonyl (C=O) groups is 1. The van der Waals surface area contributed by atoms with Gasteiger partial charge in [-0.3, -0.25) is 4.79 Å². The van der Waals surface area contributed by atoms with Crippen LogP contribution in [0.5, 0.6) is 5.75 Å². The number of amides is 1. The summed E-state index contributed by atoms with van der Waals surface area (Å²) in [6.07, 6.45) is 0.961. The molecule has 0 aromatic heterocycles. The van der Waals surface area contributed by atoms with E-state index in [9.17, 15) is 4.79 Å². The summed E-state index contributed by atoms with van der Waals surface area (Å²) in [6.45, 7) is 1.34. The number of hydrogen-bond acceptors (Lipinski definition) is 3. The lowest BCUT2D eigenvalue weighted by Crippen LogP contribution is -2.35. The van der Waals surface area contributed by atoms with E-state index in [-0.39, 0.29) is 5.91 Å². The molecule has 1 unspecified atom stereocenters. The quantitative estimate of drug-likeness (QED) is 0.862. The Labute approximate surface area is 135 Å². The lowest BCUT2D eigenvalue weighted by molar-refractivity contribution is -0.118. The van der Waals surface area contributed by atoms with Gasteiger partial charge < -0.3 is 10.1 Å². The summed E-state index contributed by atoms with van der Waals surface area (Å²) in [5, 5.41) is 3.01. The topological polar surface area (TPSA) is 38.3 Å². The molecule has 0 saturated carbocycles. The lowest BCUT2D eigenvalue weighted by Gasteiger charge is -2.25. The molecule has 0 aliphatic carbocycles. The maximum Gasteiger partial charge on any atom is 0.230 e. The number of nitrogens with one attached hydrogen (secondary N) is 1. The number of benzene rings is 2. The average molecular weight is 313 g/mol. The van der Waals surface area contributed by atoms with E-state index in [4.69, 9.17) is 4.74 Å². The first-order valence-corrected chi connectivity index (χ1v) is 8.45. The standard InChI is InChI=1S/C18H19NO2S/c20-18(13-22-16-7-2-1-3-8-16)19-11-14-10-15-6-4-5-9-17(15)21-12-14/h1-9,14H,10-13H2,(H,19,20). The molecule has 2 aromatic rings. The molecule has 0 spiro atoms. The predicted molar refractivity (Wildman–Crippen MR) is 89.3 cm³/mol. The molecule has 1 N–H and O–H groups in total. The molecule has 1 amide bonds. The van der Waals surface area contributed by atoms with Crippen molar-refractivity contribution in [3.63, 3.8) is 0 Å². The molecule has 0 radical (unpaired) electrons. The van der Waals surface area contributed by atoms with Gasteiger partial charge in [-0.2, -0.15) is 0 Å². The van der Waals surface area contributed by atoms with Crippen molar-refractivity contribution in [3.05, 3.63) is 60.2 Å². The molecule has 0 saturated heterocycles. The maximum absolute atomic E-state index is 11.9. The van der Waals surface area contributed by atoms with E-state index in [0.29, 0.717) is 24.8 Å². The molecule has 1 heterocycles. The van der Waals surface area contributed by atoms with Crippen molar-refractivity contribution < 1.29 is 9.53 Å². The molecule has 3 nitrogen and oxygen atoms in total. The summed E-state index contributed by atoms with van der Waals surface area (Å²) in [4.78, 5) is 13.0. The van der Waals surface area contributed by atoms with Crippen LogP contribution in [0.3, 0.4) is 0 Å². The van der Waals surface area contributed by atoms with E-state index in [1.807, 2.05) is 48.5 Å². The van der Waals surface area contributed by atoms with Gasteiger partial charge in [0, 0.05) is 17.4 Å². The van der Waals surface area contributed by atoms with Gasteiger partial charge in [0.2, 0.25) is 5.91 Å². The van der Waals surface area contributed by atoms with Crippen molar-refractivity contribution in [3.8, 4) is 5.75 Å². The first-order valence-electron chi connectivity index (χ1n) is 7.46. The van der Waals surface area contributed by atoms with Crippen LogP contribution in [0.2, 0.25) is 0 Å². The van der Waals surface area contributed by atoms with E-state index in [2.05, 4.69) is 11.4 Å². The van der Waals surface area contributed by atoms with E-state index in [1.165, 1.54) is 5.56 Å². The molecule has 2 aromatic carbocycles. The Morgan fingerprint density at radius 3 is 2.77 bits per heavy atom. The van der Waals surface area contributed by atoms with Gasteiger partial charge in [0.1, 0.15) is 5.75 Å². The average Bonchev–Trinajstić information content (AvgIpc) is 2.59. The number of carbonyl (C=O) groups excluding carboxylic acids is 1. The SMILES string of the molecule is O=C(CSc1ccccc1)NCC1COc2ccccc2C1. The highest BCUT2D eigenvalue weighted by Crippen LogP contribution is 2.26. The zero-order valence-corrected chi connectivity index (χ0v) is 13.1. The van der Waals surface area contributed by atoms with Crippen LogP contribution in [0.25, 0.3) is 0 Å². The molecule has 1 aliphatic heterocycles. The third-order valence-corrected chi connectivity index (χ3v) is 4.67. The van der Waals surface area contributed by atoms with Gasteiger partial charge >= 0.3 is 0 Å². The second kappa shape index (κ2) is 7.36. The smallest absolute Gasteiger partial charge is 0.230 e. The fourth-order valence-corrected chi connectivity index (χ4v) is 3.25. The molecule has 22 heavy (non-hydrogen) atoms. The Morgan fingerprint density at radius 1 is 1.14 bits per heavy atom. The highest BCUT2D eigenvalue weighted by Gasteiger charge is 2.19. The summed E-state index contributed by atoms with van der Waals surface area (Å²) < 4.78 is 5.74. The number of para-hydroxylation sites is 1. The summed E-state index contributed by atoms with van der Waals surface area (Å²) in [7, 11) is 0. The van der Waals surface area contributed by atoms with Gasteiger partial charge in [0.15, 0.2) is 0 Å². The first-order chi connectivity index (χ1) is 10.8. The number of thioether (sulfide) groups is 1. The van der Waals surface area contributed by atoms with Crippen LogP contribution in [-0.2, 0) is 11.2 Å². The normalized spacial score (nSPS) is 16.5. The number of rotatable bonds is 5. The Kier molecular flexibility index (Phi) is 5.01. The van der Waals surface area contributed by atoms with Crippen LogP contribution >= 0.6 is 11.8 Å². The Balaban J connectivity index is 1.42. The minimum Gasteiger partial charge on any atom is -0.493 e. The summed E-state index contributed by atoms with van der Waals surface area (Å²) in [5.74, 6) is 1.85. The van der Waals surface area contributed by atoms with Gasteiger partial charge in [0.05, 0.1) is 12.4 Å². The van der Waals surface area contributed by atoms with E-state index < -0.39 is 0 Å². The van der Waals surface area contributed by atoms with Gasteiger partial charge in [-0.05, 0) is 30.2 Å². The molecule has 3 rings (SSSR count). The molecular weight excluding hydrogens is 294 g/mol. The molecule has 0 bridgehead atoms. The van der Waals surface area contributed by atoms with Gasteiger partial charge in [-0.1, -0.05) is 36.4 Å². The molecule has 0 fully saturated rings. The highest BCUT2D eigenvalue weighted by molar-refractivity contribution is 8.00. The monoisotopic (exact) mass is 313 g/mol. The summed E-state index contributed by atoms with van der Waals surface area (Å²) in [6, 6.07) is 18.1. The first kappa shape index (κ1) is 15.0. The van der Waals surface area contributed by atoms with Crippen LogP contribution < -0.4 is 10.1 Å². The fourth-order valence-electron chi connectivity index (χ4n) is 2.50. The molecular formula is C18H19NO2S. The number of ether oxygens (including phenoxy) is 1. The summed E-state index contributed by atoms with van der Waals surface area (Å²) in [5.41, 5.74) is 1.23. The van der Waals surface area contributed by atoms with Crippen molar-refractivity contribution in [2.24, 2.45) is 5.92 Å². The van der Waals surface area contributed by atoms with Crippen molar-refractivity contribution >= 4 is 17.7 Å². The zero-order chi connectivity index (χ0) is 15.2. The molecule has 1 aliphatic rings. The molecule has 1 atom stereocenters. The van der Waals surface area contributed by atoms with Crippen molar-refractivity contribution in [1.29, 1.82) is 0 Å². The lowest BCUT2D eigenvalue weighted by atomic mass is 9.97. The van der Waals surface area contributed by atoms with Crippen LogP contribution in [0.15, 0.2) is 59.5 Å². The largest absolute Gasteiger partial charge is 0.493 e. The van der Waals surface area contributed by atoms with Crippen LogP contribution in [0.1, 0.15) is 5.56 Å². The second-order valence-corrected chi connectivity index (χ2v) is 6.44. The van der Waals surface area contributed by atoms with Gasteiger partial charge in [-0.25, -0.2) is 0 Å². The number of fused-ring (bicyclic) bond motifs is 1. The maximum atomic E-state index is 11.9. The van der Waals surface area contributed by atoms with Crippen molar-refractivity contribution in [2.75, 3.05) is 18.9 Å². The predicted octanol–water partition coefficient (Wildman–Crippen LogP) is 3.15. The minimum atomic E-state index is 0.0766. The van der Waals surface area contributed by atoms with Crippen LogP contribution in [0, 0.1) is 5.92 Å². The van der Waals surface area contributed by atoms with E-state index >= 15 is 0 Å². The Morgan fingerprint density at radius 2 is 1.91 bits per heavy atom. The van der Waals surface area contributed by atoms with E-state index in [0.717, 1.165) is 17.1 Å². The highest BCUT2D eigenvalue weighted by atomic mass is 32.2. The van der Waals surface area contributed by atoms with Crippen LogP contribution in [0.4, 0.5) is 0 Å². The molecule has 114 valence electrons. The zero-order valence-electron chi connectivity index (χ0n) is 12.3. The fraction of sp³-hybridized carbons (Fsp3) is 0.278. The van der Waals surface area contributed by atoms with Crippen LogP contribution in [-0.4, -0.2) is 24.8 Å². The Hall–Kier alpha value is -1.94. The van der Waals surface area contributed by atoms with Gasteiger partial charge in [0.25, 0.3) is 0 Å². The Bertz CT molecular complexity index is 630. The van der Waals surface area contributed by atoms with Crippen molar-refractivity contribution in [1.82, 2.24) is 5.32 Å². The molecule has 4 heteroatoms. The van der Waals surface area contributed by atoms with Crippen molar-refractivity contribution in [2.45, 2.75) is 11.3 Å². The second-order valence-electron chi connectivity index (χ2n) is 5.39. The van der Waals surface area contributed by atoms with Gasteiger partial charge in [-0.15, -0.1) is 11.8 Å². The third-order valence-electron chi connectivity index (χ3n) is 3.66. The number of hydrogen-bond donors (Lipinski definition) is 1. The minimum absolute atomic E-state index is 0.0766. The van der Waals surface area contributed by atoms with E-state index in [1.54, 1.807) is 11.8 Å². The summed E-state index contributed by atoms with van der Waals surface area (Å²) >= 11 is 1.56. The third kappa shape index (κ3) is 4.04.